The monoisotopic (exact) mass is 396 g/mol. The lowest BCUT2D eigenvalue weighted by atomic mass is 10.1. The molecule has 3 aromatic rings. The third-order valence-corrected chi connectivity index (χ3v) is 4.18. The second-order valence-electron chi connectivity index (χ2n) is 7.25. The number of nitrogens with zero attached hydrogens (tertiary/aromatic N) is 3. The van der Waals surface area contributed by atoms with Gasteiger partial charge >= 0.3 is 5.97 Å². The first-order valence-corrected chi connectivity index (χ1v) is 9.39. The Morgan fingerprint density at radius 2 is 2.00 bits per heavy atom. The summed E-state index contributed by atoms with van der Waals surface area (Å²) in [5.41, 5.74) is 2.02. The van der Waals surface area contributed by atoms with Crippen LogP contribution in [0.15, 0.2) is 53.6 Å². The van der Waals surface area contributed by atoms with Crippen LogP contribution < -0.4 is 5.32 Å². The Balaban J connectivity index is 1.71. The number of carbonyl (C=O) groups excluding carboxylic acids is 2. The smallest absolute Gasteiger partial charge is 0.330 e. The maximum Gasteiger partial charge on any atom is 0.330 e. The average Bonchev–Trinajstić information content (AvgIpc) is 3.38. The van der Waals surface area contributed by atoms with E-state index in [9.17, 15) is 9.59 Å². The molecular weight excluding hydrogens is 372 g/mol. The number of nitrogens with one attached hydrogen (secondary N) is 1. The molecule has 29 heavy (non-hydrogen) atoms. The summed E-state index contributed by atoms with van der Waals surface area (Å²) < 4.78 is 12.3. The van der Waals surface area contributed by atoms with E-state index in [0.29, 0.717) is 5.76 Å². The number of ether oxygens (including phenoxy) is 1. The lowest BCUT2D eigenvalue weighted by molar-refractivity contribution is -0.147. The van der Waals surface area contributed by atoms with Gasteiger partial charge in [0.2, 0.25) is 0 Å². The number of amides is 1. The van der Waals surface area contributed by atoms with Gasteiger partial charge in [-0.05, 0) is 12.8 Å². The number of aromatic nitrogens is 3. The molecule has 0 spiro atoms. The van der Waals surface area contributed by atoms with Crippen LogP contribution in [0, 0.1) is 12.8 Å². The van der Waals surface area contributed by atoms with Crippen LogP contribution in [-0.2, 0) is 16.1 Å². The molecule has 0 aliphatic heterocycles. The van der Waals surface area contributed by atoms with Crippen molar-refractivity contribution in [3.8, 4) is 11.3 Å². The van der Waals surface area contributed by atoms with Crippen molar-refractivity contribution >= 4 is 11.9 Å². The Labute approximate surface area is 168 Å². The van der Waals surface area contributed by atoms with Crippen LogP contribution in [0.3, 0.4) is 0 Å². The minimum atomic E-state index is -0.880. The molecule has 0 aliphatic rings. The maximum atomic E-state index is 12.7. The first-order valence-electron chi connectivity index (χ1n) is 9.39. The van der Waals surface area contributed by atoms with E-state index in [1.54, 1.807) is 29.4 Å². The minimum absolute atomic E-state index is 0.0906. The highest BCUT2D eigenvalue weighted by molar-refractivity contribution is 5.95. The number of carbonyl (C=O) groups is 2. The van der Waals surface area contributed by atoms with Crippen LogP contribution >= 0.6 is 0 Å². The van der Waals surface area contributed by atoms with Crippen molar-refractivity contribution in [1.29, 1.82) is 0 Å². The minimum Gasteiger partial charge on any atom is -0.464 e. The van der Waals surface area contributed by atoms with Crippen molar-refractivity contribution in [2.24, 2.45) is 5.92 Å². The molecule has 2 aromatic heterocycles. The predicted octanol–water partition coefficient (Wildman–Crippen LogP) is 2.84. The van der Waals surface area contributed by atoms with Crippen LogP contribution in [-0.4, -0.2) is 39.2 Å². The van der Waals surface area contributed by atoms with E-state index in [0.717, 1.165) is 11.1 Å². The molecule has 2 heterocycles. The van der Waals surface area contributed by atoms with Crippen LogP contribution in [0.25, 0.3) is 11.3 Å². The summed E-state index contributed by atoms with van der Waals surface area (Å²) in [6.07, 6.45) is 4.88. The molecule has 1 amide bonds. The van der Waals surface area contributed by atoms with Crippen LogP contribution in [0.5, 0.6) is 0 Å². The van der Waals surface area contributed by atoms with E-state index < -0.39 is 17.9 Å². The average molecular weight is 396 g/mol. The summed E-state index contributed by atoms with van der Waals surface area (Å²) in [5.74, 6) is -0.360. The Bertz CT molecular complexity index is 945. The fourth-order valence-electron chi connectivity index (χ4n) is 2.60. The van der Waals surface area contributed by atoms with Crippen LogP contribution in [0.4, 0.5) is 0 Å². The number of aryl methyl sites for hydroxylation is 1. The normalized spacial score (nSPS) is 12.0. The molecule has 1 atom stereocenters. The highest BCUT2D eigenvalue weighted by atomic mass is 16.5. The van der Waals surface area contributed by atoms with Crippen molar-refractivity contribution < 1.29 is 18.8 Å². The largest absolute Gasteiger partial charge is 0.464 e. The molecule has 8 nitrogen and oxygen atoms in total. The topological polar surface area (TPSA) is 99.2 Å². The van der Waals surface area contributed by atoms with Crippen LogP contribution in [0.2, 0.25) is 0 Å². The fourth-order valence-corrected chi connectivity index (χ4v) is 2.60. The molecule has 3 rings (SSSR count). The fraction of sp³-hybridized carbons (Fsp3) is 0.333. The molecule has 0 unspecified atom stereocenters. The van der Waals surface area contributed by atoms with Gasteiger partial charge in [-0.15, -0.1) is 0 Å². The van der Waals surface area contributed by atoms with Gasteiger partial charge in [0.15, 0.2) is 11.5 Å². The molecular formula is C21H24N4O4. The standard InChI is InChI=1S/C21H24N4O4/c1-14(2)12-28-21(27)18(11-25-9-8-22-13-25)23-20(26)17-10-19(29-24-17)16-6-4-15(3)5-7-16/h4-10,13-14,18H,11-12H2,1-3H3,(H,23,26)/t18-/m0/s1. The first-order chi connectivity index (χ1) is 13.9. The summed E-state index contributed by atoms with van der Waals surface area (Å²) in [6, 6.07) is 8.35. The number of rotatable bonds is 8. The highest BCUT2D eigenvalue weighted by Crippen LogP contribution is 2.20. The number of esters is 1. The van der Waals surface area contributed by atoms with Gasteiger partial charge in [0.1, 0.15) is 6.04 Å². The molecule has 0 bridgehead atoms. The third-order valence-electron chi connectivity index (χ3n) is 4.18. The Morgan fingerprint density at radius 3 is 2.66 bits per heavy atom. The third kappa shape index (κ3) is 5.54. The first kappa shape index (κ1) is 20.3. The van der Waals surface area contributed by atoms with Gasteiger partial charge in [-0.2, -0.15) is 0 Å². The summed E-state index contributed by atoms with van der Waals surface area (Å²) in [7, 11) is 0. The predicted molar refractivity (Wildman–Crippen MR) is 106 cm³/mol. The van der Waals surface area contributed by atoms with Gasteiger partial charge in [0, 0.05) is 24.0 Å². The molecule has 152 valence electrons. The van der Waals surface area contributed by atoms with Crippen molar-refractivity contribution in [3.05, 3.63) is 60.3 Å². The summed E-state index contributed by atoms with van der Waals surface area (Å²) in [5, 5.41) is 6.52. The maximum absolute atomic E-state index is 12.7. The lowest BCUT2D eigenvalue weighted by Gasteiger charge is -2.18. The second kappa shape index (κ2) is 9.18. The van der Waals surface area contributed by atoms with E-state index in [2.05, 4.69) is 15.5 Å². The zero-order valence-corrected chi connectivity index (χ0v) is 16.7. The highest BCUT2D eigenvalue weighted by Gasteiger charge is 2.25. The zero-order chi connectivity index (χ0) is 20.8. The molecule has 8 heteroatoms. The van der Waals surface area contributed by atoms with Crippen molar-refractivity contribution in [1.82, 2.24) is 20.0 Å². The van der Waals surface area contributed by atoms with Crippen molar-refractivity contribution in [3.63, 3.8) is 0 Å². The molecule has 0 saturated carbocycles. The van der Waals surface area contributed by atoms with E-state index in [1.165, 1.54) is 0 Å². The Kier molecular flexibility index (Phi) is 6.43. The number of imidazole rings is 1. The number of hydrogen-bond donors (Lipinski definition) is 1. The molecule has 0 fully saturated rings. The summed E-state index contributed by atoms with van der Waals surface area (Å²) >= 11 is 0. The SMILES string of the molecule is Cc1ccc(-c2cc(C(=O)N[C@@H](Cn3ccnc3)C(=O)OCC(C)C)no2)cc1. The second-order valence-corrected chi connectivity index (χ2v) is 7.25. The molecule has 0 saturated heterocycles. The number of hydrogen-bond acceptors (Lipinski definition) is 6. The number of benzene rings is 1. The van der Waals surface area contributed by atoms with E-state index in [-0.39, 0.29) is 24.8 Å². The zero-order valence-electron chi connectivity index (χ0n) is 16.7. The quantitative estimate of drug-likeness (QED) is 0.588. The van der Waals surface area contributed by atoms with E-state index >= 15 is 0 Å². The van der Waals surface area contributed by atoms with E-state index in [4.69, 9.17) is 9.26 Å². The van der Waals surface area contributed by atoms with Gasteiger partial charge in [-0.1, -0.05) is 48.8 Å². The Hall–Kier alpha value is -3.42. The van der Waals surface area contributed by atoms with E-state index in [1.807, 2.05) is 45.0 Å². The van der Waals surface area contributed by atoms with Gasteiger partial charge in [0.25, 0.3) is 5.91 Å². The molecule has 1 N–H and O–H groups in total. The van der Waals surface area contributed by atoms with Crippen LogP contribution in [0.1, 0.15) is 29.9 Å². The van der Waals surface area contributed by atoms with Gasteiger partial charge in [-0.25, -0.2) is 9.78 Å². The Morgan fingerprint density at radius 1 is 1.24 bits per heavy atom. The van der Waals surface area contributed by atoms with Crippen molar-refractivity contribution in [2.75, 3.05) is 6.61 Å². The van der Waals surface area contributed by atoms with Gasteiger partial charge in [-0.3, -0.25) is 4.79 Å². The van der Waals surface area contributed by atoms with Crippen molar-refractivity contribution in [2.45, 2.75) is 33.4 Å². The summed E-state index contributed by atoms with van der Waals surface area (Å²) in [6.45, 7) is 6.35. The molecule has 0 radical (unpaired) electrons. The molecule has 1 aromatic carbocycles. The van der Waals surface area contributed by atoms with Gasteiger partial charge in [0.05, 0.1) is 19.5 Å². The summed E-state index contributed by atoms with van der Waals surface area (Å²) in [4.78, 5) is 29.1. The lowest BCUT2D eigenvalue weighted by Crippen LogP contribution is -2.45. The van der Waals surface area contributed by atoms with Gasteiger partial charge < -0.3 is 19.1 Å². The molecule has 0 aliphatic carbocycles.